The Morgan fingerprint density at radius 2 is 0.292 bits per heavy atom. The summed E-state index contributed by atoms with van der Waals surface area (Å²) < 4.78 is 101. The number of ether oxygens (including phenoxy) is 15. The largest absolute Gasteiger partial charge is 0.489 e. The number of aryl methyl sites for hydroxylation is 1. The van der Waals surface area contributed by atoms with Crippen LogP contribution in [0, 0.1) is 6.92 Å². The van der Waals surface area contributed by atoms with Crippen molar-refractivity contribution < 1.29 is 71.1 Å². The Kier molecular flexibility index (Phi) is 31.8. The third-order valence-corrected chi connectivity index (χ3v) is 22.4. The Balaban J connectivity index is 0.704. The molecule has 0 amide bonds. The lowest BCUT2D eigenvalue weighted by Crippen LogP contribution is -2.04. The molecule has 16 aromatic rings. The number of rotatable bonds is 46. The quantitative estimate of drug-likeness (QED) is 0.0357. The lowest BCUT2D eigenvalue weighted by atomic mass is 10.1. The number of halogens is 2. The van der Waals surface area contributed by atoms with Crippen LogP contribution < -0.4 is 66.3 Å². The van der Waals surface area contributed by atoms with Crippen molar-refractivity contribution in [2.75, 3.05) is 0 Å². The first-order valence-electron chi connectivity index (χ1n) is 43.1. The zero-order valence-electron chi connectivity index (χ0n) is 72.1. The summed E-state index contributed by atoms with van der Waals surface area (Å²) in [5.74, 6) is 8.19. The Hall–Kier alpha value is -14.4. The molecule has 0 aliphatic carbocycles. The van der Waals surface area contributed by atoms with Crippen LogP contribution in [0.4, 0.5) is 0 Å². The minimum Gasteiger partial charge on any atom is -0.489 e. The van der Waals surface area contributed by atoms with E-state index in [1.165, 1.54) is 0 Å². The Bertz CT molecular complexity index is 5350. The van der Waals surface area contributed by atoms with Gasteiger partial charge in [-0.25, -0.2) is 0 Å². The molecule has 16 aromatic carbocycles. The average Bonchev–Trinajstić information content (AvgIpc) is 0.857. The van der Waals surface area contributed by atoms with Crippen molar-refractivity contribution in [3.63, 3.8) is 0 Å². The fourth-order valence-corrected chi connectivity index (χ4v) is 15.1. The van der Waals surface area contributed by atoms with Crippen LogP contribution in [0.25, 0.3) is 0 Å². The van der Waals surface area contributed by atoms with E-state index in [0.717, 1.165) is 104 Å². The molecular weight excluding hydrogens is 1760 g/mol. The van der Waals surface area contributed by atoms with E-state index in [1.807, 2.05) is 370 Å². The van der Waals surface area contributed by atoms with Gasteiger partial charge < -0.3 is 71.1 Å². The van der Waals surface area contributed by atoms with Gasteiger partial charge in [0.05, 0.1) is 13.2 Å². The number of hydrogen-bond acceptors (Lipinski definition) is 15. The summed E-state index contributed by atoms with van der Waals surface area (Å²) >= 11 is 7.53. The van der Waals surface area contributed by atoms with Crippen LogP contribution in [0.3, 0.4) is 0 Å². The van der Waals surface area contributed by atoms with Crippen LogP contribution >= 0.6 is 31.9 Å². The molecule has 0 aromatic heterocycles. The summed E-state index contributed by atoms with van der Waals surface area (Å²) in [7, 11) is 0. The zero-order valence-corrected chi connectivity index (χ0v) is 75.2. The lowest BCUT2D eigenvalue weighted by molar-refractivity contribution is 0.106. The van der Waals surface area contributed by atoms with Gasteiger partial charge in [0.2, 0.25) is 0 Å². The van der Waals surface area contributed by atoms with E-state index in [4.69, 9.17) is 71.1 Å². The summed E-state index contributed by atoms with van der Waals surface area (Å²) in [6.45, 7) is 6.19. The second-order valence-corrected chi connectivity index (χ2v) is 33.0. The molecule has 130 heavy (non-hydrogen) atoms. The van der Waals surface area contributed by atoms with Crippen LogP contribution in [-0.2, 0) is 110 Å². The maximum absolute atomic E-state index is 6.96. The van der Waals surface area contributed by atoms with E-state index >= 15 is 0 Å². The van der Waals surface area contributed by atoms with Gasteiger partial charge in [-0.1, -0.05) is 275 Å². The molecule has 654 valence electrons. The fraction of sp³-hybridized carbons (Fsp3) is 0.150. The maximum Gasteiger partial charge on any atom is 0.123 e. The van der Waals surface area contributed by atoms with E-state index in [1.54, 1.807) is 0 Å². The average molecular weight is 1860 g/mol. The minimum absolute atomic E-state index is 0.0771. The molecule has 17 heteroatoms. The highest BCUT2D eigenvalue weighted by molar-refractivity contribution is 9.11. The van der Waals surface area contributed by atoms with Crippen molar-refractivity contribution >= 4 is 31.9 Å². The highest BCUT2D eigenvalue weighted by Crippen LogP contribution is 2.37. The molecule has 0 saturated heterocycles. The molecular formula is C113H98Br2O15. The van der Waals surface area contributed by atoms with Crippen molar-refractivity contribution in [1.29, 1.82) is 0 Å². The van der Waals surface area contributed by atoms with E-state index in [0.29, 0.717) is 140 Å². The first kappa shape index (κ1) is 89.0. The fourth-order valence-electron chi connectivity index (χ4n) is 14.2. The summed E-state index contributed by atoms with van der Waals surface area (Å²) in [5, 5.41) is 0. The van der Waals surface area contributed by atoms with E-state index < -0.39 is 0 Å². The van der Waals surface area contributed by atoms with Crippen LogP contribution in [0.5, 0.6) is 80.5 Å². The summed E-state index contributed by atoms with van der Waals surface area (Å²) in [4.78, 5) is 0. The third-order valence-electron chi connectivity index (χ3n) is 20.9. The molecule has 0 fully saturated rings. The van der Waals surface area contributed by atoms with E-state index in [2.05, 4.69) is 50.9 Å². The van der Waals surface area contributed by atoms with Gasteiger partial charge in [-0.2, -0.15) is 0 Å². The molecule has 0 unspecified atom stereocenters. The predicted molar refractivity (Wildman–Crippen MR) is 512 cm³/mol. The molecule has 16 rings (SSSR count). The standard InChI is InChI=1S/C113H98Br2O15/c1-81-42-113(115)97(57-112(81)114)80-116-65-90-43-98(125-74-95-53-108(127-76-91-45-100(117-66-82-26-10-2-11-27-82)59-101(46-91)118-67-83-28-12-3-13-29-83)63-109(54-95)128-77-92-47-102(119-68-84-30-14-4-15-31-84)60-103(48-92)120-69-85-32-16-5-17-33-85)58-99(44-90)126-75-96-55-110(129-78-93-49-104(121-70-86-34-18-6-19-35-86)61-105(50-93)122-71-87-36-20-7-21-37-87)64-111(56-96)130-79-94-51-106(123-72-88-38-22-8-23-39-88)62-107(52-94)124-73-89-40-24-9-25-41-89/h2-64H,65-80H2,1H3. The summed E-state index contributed by atoms with van der Waals surface area (Å²) in [6.07, 6.45) is 0. The molecule has 0 aliphatic rings. The summed E-state index contributed by atoms with van der Waals surface area (Å²) in [6, 6.07) is 126. The van der Waals surface area contributed by atoms with Crippen LogP contribution in [0.2, 0.25) is 0 Å². The number of benzene rings is 16. The van der Waals surface area contributed by atoms with Crippen molar-refractivity contribution in [3.05, 3.63) is 486 Å². The molecule has 0 atom stereocenters. The van der Waals surface area contributed by atoms with Gasteiger partial charge in [0.1, 0.15) is 173 Å². The highest BCUT2D eigenvalue weighted by Gasteiger charge is 2.18. The summed E-state index contributed by atoms with van der Waals surface area (Å²) in [5.41, 5.74) is 15.9. The van der Waals surface area contributed by atoms with E-state index in [9.17, 15) is 0 Å². The van der Waals surface area contributed by atoms with Crippen LogP contribution in [0.1, 0.15) is 94.6 Å². The predicted octanol–water partition coefficient (Wildman–Crippen LogP) is 27.3. The molecule has 0 heterocycles. The van der Waals surface area contributed by atoms with Gasteiger partial charge in [0.15, 0.2) is 0 Å². The number of hydrogen-bond donors (Lipinski definition) is 0. The highest BCUT2D eigenvalue weighted by atomic mass is 79.9. The van der Waals surface area contributed by atoms with Gasteiger partial charge in [-0.05, 0) is 199 Å². The van der Waals surface area contributed by atoms with Crippen LogP contribution in [0.15, 0.2) is 391 Å². The lowest BCUT2D eigenvalue weighted by Gasteiger charge is -2.17. The third kappa shape index (κ3) is 28.3. The Labute approximate surface area is 776 Å². The van der Waals surface area contributed by atoms with Crippen molar-refractivity contribution in [2.24, 2.45) is 0 Å². The van der Waals surface area contributed by atoms with Gasteiger partial charge >= 0.3 is 0 Å². The molecule has 0 bridgehead atoms. The molecule has 0 aliphatic heterocycles. The van der Waals surface area contributed by atoms with Gasteiger partial charge in [-0.3, -0.25) is 0 Å². The zero-order chi connectivity index (χ0) is 88.5. The monoisotopic (exact) mass is 1850 g/mol. The molecule has 0 saturated carbocycles. The van der Waals surface area contributed by atoms with Gasteiger partial charge in [0.25, 0.3) is 0 Å². The molecule has 15 nitrogen and oxygen atoms in total. The molecule has 0 spiro atoms. The normalized spacial score (nSPS) is 10.9. The Morgan fingerprint density at radius 1 is 0.146 bits per heavy atom. The molecule has 0 N–H and O–H groups in total. The molecule has 0 radical (unpaired) electrons. The maximum atomic E-state index is 6.96. The smallest absolute Gasteiger partial charge is 0.123 e. The topological polar surface area (TPSA) is 138 Å². The first-order valence-corrected chi connectivity index (χ1v) is 44.7. The SMILES string of the molecule is Cc1cc(Br)c(COCc2cc(OCc3cc(OCc4cc(OCc5ccccc5)cc(OCc5ccccc5)c4)cc(OCc4cc(OCc5ccccc5)cc(OCc5ccccc5)c4)c3)cc(OCc3cc(OCc4cc(OCc5ccccc5)cc(OCc5ccccc5)c4)cc(OCc4cc(OCc5ccccc5)cc(OCc5ccccc5)c4)c3)c2)cc1Br. The second-order valence-electron chi connectivity index (χ2n) is 31.3. The van der Waals surface area contributed by atoms with Crippen molar-refractivity contribution in [3.8, 4) is 80.5 Å². The van der Waals surface area contributed by atoms with Gasteiger partial charge in [0, 0.05) is 51.4 Å². The van der Waals surface area contributed by atoms with Gasteiger partial charge in [-0.15, -0.1) is 0 Å². The van der Waals surface area contributed by atoms with Crippen molar-refractivity contribution in [2.45, 2.75) is 113 Å². The Morgan fingerprint density at radius 3 is 0.454 bits per heavy atom. The second kappa shape index (κ2) is 46.4. The van der Waals surface area contributed by atoms with Crippen molar-refractivity contribution in [1.82, 2.24) is 0 Å². The minimum atomic E-state index is 0.0771. The van der Waals surface area contributed by atoms with E-state index in [-0.39, 0.29) is 46.2 Å². The first-order chi connectivity index (χ1) is 64.0. The van der Waals surface area contributed by atoms with Crippen LogP contribution in [-0.4, -0.2) is 0 Å².